The highest BCUT2D eigenvalue weighted by atomic mass is 16.1. The van der Waals surface area contributed by atoms with E-state index < -0.39 is 0 Å². The molecule has 0 fully saturated rings. The molecule has 0 aromatic heterocycles. The monoisotopic (exact) mass is 223 g/mol. The van der Waals surface area contributed by atoms with Gasteiger partial charge in [0.1, 0.15) is 0 Å². The molecule has 90 valence electrons. The van der Waals surface area contributed by atoms with E-state index in [1.165, 1.54) is 6.92 Å². The fourth-order valence-electron chi connectivity index (χ4n) is 0.882. The van der Waals surface area contributed by atoms with Crippen molar-refractivity contribution in [3.63, 3.8) is 0 Å². The summed E-state index contributed by atoms with van der Waals surface area (Å²) in [5.74, 6) is -0.0969. The molecule has 3 nitrogen and oxygen atoms in total. The summed E-state index contributed by atoms with van der Waals surface area (Å²) in [4.78, 5) is 22.6. The van der Waals surface area contributed by atoms with Gasteiger partial charge in [0.25, 0.3) is 0 Å². The van der Waals surface area contributed by atoms with Gasteiger partial charge in [-0.2, -0.15) is 0 Å². The van der Waals surface area contributed by atoms with Crippen molar-refractivity contribution in [1.29, 1.82) is 0 Å². The first kappa shape index (κ1) is 14.6. The number of hydrogen-bond acceptors (Lipinski definition) is 2. The largest absolute Gasteiger partial charge is 0.348 e. The van der Waals surface area contributed by atoms with E-state index in [-0.39, 0.29) is 17.2 Å². The Morgan fingerprint density at radius 1 is 0.938 bits per heavy atom. The van der Waals surface area contributed by atoms with Crippen LogP contribution in [0.1, 0.15) is 41.5 Å². The third-order valence-corrected chi connectivity index (χ3v) is 1.99. The molecule has 0 saturated heterocycles. The van der Waals surface area contributed by atoms with E-state index in [9.17, 15) is 9.59 Å². The quantitative estimate of drug-likeness (QED) is 0.590. The van der Waals surface area contributed by atoms with Crippen molar-refractivity contribution in [3.8, 4) is 0 Å². The van der Waals surface area contributed by atoms with Gasteiger partial charge in [-0.25, -0.2) is 0 Å². The lowest BCUT2D eigenvalue weighted by molar-refractivity contribution is -0.118. The molecular formula is C13H21NO2. The molecule has 1 amide bonds. The van der Waals surface area contributed by atoms with Crippen molar-refractivity contribution < 1.29 is 9.59 Å². The molecule has 16 heavy (non-hydrogen) atoms. The second-order valence-electron chi connectivity index (χ2n) is 4.96. The summed E-state index contributed by atoms with van der Waals surface area (Å²) in [7, 11) is 0. The number of carbonyl (C=O) groups is 2. The number of hydrogen-bond donors (Lipinski definition) is 1. The molecule has 0 bridgehead atoms. The van der Waals surface area contributed by atoms with E-state index in [4.69, 9.17) is 0 Å². The van der Waals surface area contributed by atoms with Crippen LogP contribution in [-0.2, 0) is 9.59 Å². The van der Waals surface area contributed by atoms with Crippen LogP contribution < -0.4 is 5.32 Å². The molecule has 0 unspecified atom stereocenters. The highest BCUT2D eigenvalue weighted by Crippen LogP contribution is 2.03. The van der Waals surface area contributed by atoms with Gasteiger partial charge < -0.3 is 5.32 Å². The van der Waals surface area contributed by atoms with Gasteiger partial charge in [-0.3, -0.25) is 9.59 Å². The van der Waals surface area contributed by atoms with Crippen molar-refractivity contribution in [3.05, 3.63) is 23.3 Å². The zero-order chi connectivity index (χ0) is 12.9. The van der Waals surface area contributed by atoms with E-state index in [1.54, 1.807) is 26.0 Å². The molecule has 0 aliphatic heterocycles. The minimum atomic E-state index is -0.245. The Labute approximate surface area is 97.6 Å². The predicted molar refractivity (Wildman–Crippen MR) is 66.1 cm³/mol. The minimum Gasteiger partial charge on any atom is -0.348 e. The Morgan fingerprint density at radius 3 is 1.75 bits per heavy atom. The first-order valence-electron chi connectivity index (χ1n) is 5.32. The summed E-state index contributed by atoms with van der Waals surface area (Å²) in [5, 5.41) is 2.85. The van der Waals surface area contributed by atoms with E-state index in [2.05, 4.69) is 5.32 Å². The molecule has 0 aliphatic carbocycles. The van der Waals surface area contributed by atoms with Crippen LogP contribution in [0.2, 0.25) is 0 Å². The standard InChI is InChI=1S/C13H21NO2/c1-9(11(3)15)7-8-10(2)12(16)14-13(4,5)6/h7-8H,1-6H3,(H,14,16)/b9-7+,10-8-. The summed E-state index contributed by atoms with van der Waals surface area (Å²) in [6, 6.07) is 0. The lowest BCUT2D eigenvalue weighted by Crippen LogP contribution is -2.40. The Morgan fingerprint density at radius 2 is 1.38 bits per heavy atom. The Balaban J connectivity index is 4.63. The van der Waals surface area contributed by atoms with Crippen molar-refractivity contribution in [2.24, 2.45) is 0 Å². The third kappa shape index (κ3) is 6.17. The first-order valence-corrected chi connectivity index (χ1v) is 5.32. The number of ketones is 1. The number of carbonyl (C=O) groups excluding carboxylic acids is 2. The van der Waals surface area contributed by atoms with Crippen LogP contribution in [0.4, 0.5) is 0 Å². The number of amides is 1. The van der Waals surface area contributed by atoms with Crippen molar-refractivity contribution in [2.75, 3.05) is 0 Å². The topological polar surface area (TPSA) is 46.2 Å². The molecule has 0 radical (unpaired) electrons. The predicted octanol–water partition coefficient (Wildman–Crippen LogP) is 2.38. The lowest BCUT2D eigenvalue weighted by Gasteiger charge is -2.20. The summed E-state index contributed by atoms with van der Waals surface area (Å²) in [6.07, 6.45) is 3.33. The van der Waals surface area contributed by atoms with Gasteiger partial charge in [-0.05, 0) is 47.1 Å². The maximum Gasteiger partial charge on any atom is 0.247 e. The smallest absolute Gasteiger partial charge is 0.247 e. The maximum atomic E-state index is 11.6. The Bertz CT molecular complexity index is 343. The lowest BCUT2D eigenvalue weighted by atomic mass is 10.1. The summed E-state index contributed by atoms with van der Waals surface area (Å²) in [6.45, 7) is 10.7. The number of rotatable bonds is 3. The summed E-state index contributed by atoms with van der Waals surface area (Å²) in [5.41, 5.74) is 0.990. The molecule has 0 rings (SSSR count). The summed E-state index contributed by atoms with van der Waals surface area (Å²) < 4.78 is 0. The molecule has 0 aromatic rings. The number of nitrogens with one attached hydrogen (secondary N) is 1. The second-order valence-corrected chi connectivity index (χ2v) is 4.96. The normalized spacial score (nSPS) is 13.6. The van der Waals surface area contributed by atoms with Crippen molar-refractivity contribution in [2.45, 2.75) is 47.1 Å². The molecule has 1 N–H and O–H groups in total. The second kappa shape index (κ2) is 5.64. The van der Waals surface area contributed by atoms with E-state index in [0.717, 1.165) is 0 Å². The molecule has 0 saturated carbocycles. The Kier molecular flexibility index (Phi) is 5.15. The van der Waals surface area contributed by atoms with Crippen LogP contribution in [0.15, 0.2) is 23.3 Å². The first-order chi connectivity index (χ1) is 7.13. The van der Waals surface area contributed by atoms with Gasteiger partial charge >= 0.3 is 0 Å². The molecule has 3 heteroatoms. The molecule has 0 heterocycles. The molecular weight excluding hydrogens is 202 g/mol. The number of Topliss-reactive ketones (excluding diaryl/α,β-unsaturated/α-hetero) is 1. The SMILES string of the molecule is CC(=O)/C(C)=C/C=C(/C)C(=O)NC(C)(C)C. The zero-order valence-corrected chi connectivity index (χ0v) is 11.0. The average Bonchev–Trinajstić information content (AvgIpc) is 2.10. The number of allylic oxidation sites excluding steroid dienone is 3. The van der Waals surface area contributed by atoms with Crippen molar-refractivity contribution in [1.82, 2.24) is 5.32 Å². The van der Waals surface area contributed by atoms with E-state index in [1.807, 2.05) is 20.8 Å². The highest BCUT2D eigenvalue weighted by Gasteiger charge is 2.14. The fraction of sp³-hybridized carbons (Fsp3) is 0.538. The van der Waals surface area contributed by atoms with Crippen molar-refractivity contribution >= 4 is 11.7 Å². The third-order valence-electron chi connectivity index (χ3n) is 1.99. The van der Waals surface area contributed by atoms with Gasteiger partial charge in [0.15, 0.2) is 5.78 Å². The van der Waals surface area contributed by atoms with Crippen LogP contribution in [-0.4, -0.2) is 17.2 Å². The highest BCUT2D eigenvalue weighted by molar-refractivity contribution is 5.95. The van der Waals surface area contributed by atoms with Gasteiger partial charge in [0, 0.05) is 11.1 Å². The van der Waals surface area contributed by atoms with Crippen LogP contribution in [0.3, 0.4) is 0 Å². The van der Waals surface area contributed by atoms with Gasteiger partial charge in [0.2, 0.25) is 5.91 Å². The van der Waals surface area contributed by atoms with Crippen LogP contribution in [0, 0.1) is 0 Å². The molecule has 0 aliphatic rings. The summed E-state index contributed by atoms with van der Waals surface area (Å²) >= 11 is 0. The van der Waals surface area contributed by atoms with Crippen LogP contribution in [0.25, 0.3) is 0 Å². The minimum absolute atomic E-state index is 0.0141. The molecule has 0 spiro atoms. The van der Waals surface area contributed by atoms with E-state index in [0.29, 0.717) is 11.1 Å². The van der Waals surface area contributed by atoms with Crippen LogP contribution in [0.5, 0.6) is 0 Å². The van der Waals surface area contributed by atoms with Gasteiger partial charge in [-0.1, -0.05) is 12.2 Å². The fourth-order valence-corrected chi connectivity index (χ4v) is 0.882. The van der Waals surface area contributed by atoms with Gasteiger partial charge in [0.05, 0.1) is 0 Å². The zero-order valence-electron chi connectivity index (χ0n) is 11.0. The van der Waals surface area contributed by atoms with E-state index >= 15 is 0 Å². The Hall–Kier alpha value is -1.38. The average molecular weight is 223 g/mol. The molecule has 0 atom stereocenters. The van der Waals surface area contributed by atoms with Crippen LogP contribution >= 0.6 is 0 Å². The maximum absolute atomic E-state index is 11.6. The molecule has 0 aromatic carbocycles. The van der Waals surface area contributed by atoms with Gasteiger partial charge in [-0.15, -0.1) is 0 Å².